The highest BCUT2D eigenvalue weighted by atomic mass is 19.1. The smallest absolute Gasteiger partial charge is 0.126 e. The molecule has 0 radical (unpaired) electrons. The van der Waals surface area contributed by atoms with Crippen molar-refractivity contribution in [3.8, 4) is 0 Å². The molecule has 4 heteroatoms. The van der Waals surface area contributed by atoms with E-state index >= 15 is 0 Å². The monoisotopic (exact) mass is 281 g/mol. The third-order valence-electron chi connectivity index (χ3n) is 3.45. The Balaban J connectivity index is 3.13. The minimum Gasteiger partial charge on any atom is -0.370 e. The van der Waals surface area contributed by atoms with Gasteiger partial charge in [-0.15, -0.1) is 0 Å². The molecule has 0 aliphatic rings. The van der Waals surface area contributed by atoms with E-state index in [9.17, 15) is 4.39 Å². The van der Waals surface area contributed by atoms with Crippen LogP contribution in [0.1, 0.15) is 37.4 Å². The normalized spacial score (nSPS) is 12.8. The molecule has 3 nitrogen and oxygen atoms in total. The molecule has 0 spiro atoms. The number of nitrogens with two attached hydrogens (primary N) is 1. The maximum Gasteiger partial charge on any atom is 0.126 e. The quantitative estimate of drug-likeness (QED) is 0.834. The molecule has 1 rings (SSSR count). The maximum atomic E-state index is 13.8. The van der Waals surface area contributed by atoms with E-state index in [1.807, 2.05) is 13.0 Å². The van der Waals surface area contributed by atoms with E-state index in [2.05, 4.69) is 30.8 Å². The molecule has 0 aliphatic heterocycles. The highest BCUT2D eigenvalue weighted by Crippen LogP contribution is 2.28. The van der Waals surface area contributed by atoms with Crippen LogP contribution < -0.4 is 10.6 Å². The Labute approximate surface area is 122 Å². The van der Waals surface area contributed by atoms with Crippen molar-refractivity contribution >= 4 is 5.69 Å². The van der Waals surface area contributed by atoms with Crippen molar-refractivity contribution in [1.29, 1.82) is 0 Å². The molecule has 0 unspecified atom stereocenters. The summed E-state index contributed by atoms with van der Waals surface area (Å²) in [6, 6.07) is 3.35. The third kappa shape index (κ3) is 4.46. The second-order valence-corrected chi connectivity index (χ2v) is 5.74. The minimum atomic E-state index is -0.176. The highest BCUT2D eigenvalue weighted by Gasteiger charge is 2.16. The van der Waals surface area contributed by atoms with Crippen molar-refractivity contribution in [2.75, 3.05) is 38.6 Å². The molecule has 1 aromatic carbocycles. The van der Waals surface area contributed by atoms with Crippen molar-refractivity contribution in [3.05, 3.63) is 29.1 Å². The number of likely N-dealkylation sites (N-methyl/N-ethyl adjacent to an activating group) is 1. The Kier molecular flexibility index (Phi) is 6.43. The topological polar surface area (TPSA) is 32.5 Å². The summed E-state index contributed by atoms with van der Waals surface area (Å²) in [5.41, 5.74) is 8.66. The van der Waals surface area contributed by atoms with Gasteiger partial charge in [0.1, 0.15) is 5.82 Å². The van der Waals surface area contributed by atoms with Crippen molar-refractivity contribution in [2.45, 2.75) is 33.2 Å². The molecule has 0 aromatic heterocycles. The maximum absolute atomic E-state index is 13.8. The SMILES string of the molecule is CCCN(CCN(C)C)c1cc(C)c(F)cc1[C@H](C)N. The number of hydrogen-bond acceptors (Lipinski definition) is 3. The van der Waals surface area contributed by atoms with Crippen molar-refractivity contribution in [1.82, 2.24) is 4.90 Å². The van der Waals surface area contributed by atoms with Crippen molar-refractivity contribution < 1.29 is 4.39 Å². The lowest BCUT2D eigenvalue weighted by molar-refractivity contribution is 0.412. The summed E-state index contributed by atoms with van der Waals surface area (Å²) in [5.74, 6) is -0.176. The van der Waals surface area contributed by atoms with Crippen LogP contribution in [-0.4, -0.2) is 38.6 Å². The summed E-state index contributed by atoms with van der Waals surface area (Å²) in [5, 5.41) is 0. The molecule has 0 saturated carbocycles. The first-order chi connectivity index (χ1) is 9.36. The average Bonchev–Trinajstić information content (AvgIpc) is 2.37. The zero-order chi connectivity index (χ0) is 15.3. The lowest BCUT2D eigenvalue weighted by Gasteiger charge is -2.29. The van der Waals surface area contributed by atoms with Gasteiger partial charge in [0.15, 0.2) is 0 Å². The number of anilines is 1. The van der Waals surface area contributed by atoms with Crippen LogP contribution in [-0.2, 0) is 0 Å². The van der Waals surface area contributed by atoms with E-state index in [0.29, 0.717) is 5.56 Å². The summed E-state index contributed by atoms with van der Waals surface area (Å²) in [4.78, 5) is 4.47. The fourth-order valence-corrected chi connectivity index (χ4v) is 2.26. The number of aryl methyl sites for hydroxylation is 1. The van der Waals surface area contributed by atoms with Gasteiger partial charge in [0.05, 0.1) is 0 Å². The second-order valence-electron chi connectivity index (χ2n) is 5.74. The number of rotatable bonds is 7. The van der Waals surface area contributed by atoms with Crippen LogP contribution in [0.4, 0.5) is 10.1 Å². The number of halogens is 1. The molecule has 114 valence electrons. The Hall–Kier alpha value is -1.13. The predicted molar refractivity (Wildman–Crippen MR) is 84.8 cm³/mol. The summed E-state index contributed by atoms with van der Waals surface area (Å²) < 4.78 is 13.8. The number of benzene rings is 1. The van der Waals surface area contributed by atoms with Crippen LogP contribution >= 0.6 is 0 Å². The van der Waals surface area contributed by atoms with Gasteiger partial charge in [0.25, 0.3) is 0 Å². The molecule has 2 N–H and O–H groups in total. The first-order valence-electron chi connectivity index (χ1n) is 7.32. The summed E-state index contributed by atoms with van der Waals surface area (Å²) in [6.07, 6.45) is 1.06. The molecule has 0 amide bonds. The molecular weight excluding hydrogens is 253 g/mol. The van der Waals surface area contributed by atoms with Crippen molar-refractivity contribution in [3.63, 3.8) is 0 Å². The molecular formula is C16H28FN3. The standard InChI is InChI=1S/C16H28FN3/c1-6-7-20(9-8-19(4)5)16-10-12(2)15(17)11-14(16)13(3)18/h10-11,13H,6-9,18H2,1-5H3/t13-/m0/s1. The summed E-state index contributed by atoms with van der Waals surface area (Å²) in [7, 11) is 4.12. The van der Waals surface area contributed by atoms with Gasteiger partial charge in [-0.25, -0.2) is 4.39 Å². The van der Waals surface area contributed by atoms with Gasteiger partial charge in [-0.05, 0) is 57.6 Å². The first-order valence-corrected chi connectivity index (χ1v) is 7.32. The van der Waals surface area contributed by atoms with Crippen molar-refractivity contribution in [2.24, 2.45) is 5.73 Å². The highest BCUT2D eigenvalue weighted by molar-refractivity contribution is 5.57. The van der Waals surface area contributed by atoms with Crippen LogP contribution in [0.3, 0.4) is 0 Å². The Morgan fingerprint density at radius 3 is 2.35 bits per heavy atom. The van der Waals surface area contributed by atoms with E-state index in [1.165, 1.54) is 0 Å². The van der Waals surface area contributed by atoms with E-state index in [0.717, 1.165) is 37.3 Å². The van der Waals surface area contributed by atoms with Gasteiger partial charge in [-0.3, -0.25) is 0 Å². The number of hydrogen-bond donors (Lipinski definition) is 1. The Bertz CT molecular complexity index is 430. The van der Waals surface area contributed by atoms with Crippen LogP contribution in [0.5, 0.6) is 0 Å². The van der Waals surface area contributed by atoms with E-state index in [-0.39, 0.29) is 11.9 Å². The Morgan fingerprint density at radius 1 is 1.20 bits per heavy atom. The fraction of sp³-hybridized carbons (Fsp3) is 0.625. The van der Waals surface area contributed by atoms with Crippen LogP contribution in [0, 0.1) is 12.7 Å². The molecule has 20 heavy (non-hydrogen) atoms. The van der Waals surface area contributed by atoms with Gasteiger partial charge >= 0.3 is 0 Å². The summed E-state index contributed by atoms with van der Waals surface area (Å²) in [6.45, 7) is 8.72. The number of nitrogens with zero attached hydrogens (tertiary/aromatic N) is 2. The van der Waals surface area contributed by atoms with Gasteiger partial charge in [0, 0.05) is 31.4 Å². The third-order valence-corrected chi connectivity index (χ3v) is 3.45. The van der Waals surface area contributed by atoms with Gasteiger partial charge in [0.2, 0.25) is 0 Å². The molecule has 0 heterocycles. The van der Waals surface area contributed by atoms with Gasteiger partial charge < -0.3 is 15.5 Å². The zero-order valence-electron chi connectivity index (χ0n) is 13.4. The molecule has 0 bridgehead atoms. The zero-order valence-corrected chi connectivity index (χ0v) is 13.4. The van der Waals surface area contributed by atoms with E-state index in [4.69, 9.17) is 5.73 Å². The lowest BCUT2D eigenvalue weighted by atomic mass is 10.0. The van der Waals surface area contributed by atoms with Gasteiger partial charge in [-0.1, -0.05) is 6.92 Å². The first kappa shape index (κ1) is 16.9. The average molecular weight is 281 g/mol. The van der Waals surface area contributed by atoms with Crippen LogP contribution in [0.2, 0.25) is 0 Å². The van der Waals surface area contributed by atoms with Gasteiger partial charge in [-0.2, -0.15) is 0 Å². The predicted octanol–water partition coefficient (Wildman–Crippen LogP) is 2.93. The molecule has 0 aliphatic carbocycles. The molecule has 0 saturated heterocycles. The molecule has 0 fully saturated rings. The van der Waals surface area contributed by atoms with Crippen LogP contribution in [0.15, 0.2) is 12.1 Å². The molecule has 1 atom stereocenters. The van der Waals surface area contributed by atoms with E-state index in [1.54, 1.807) is 13.0 Å². The van der Waals surface area contributed by atoms with E-state index < -0.39 is 0 Å². The lowest BCUT2D eigenvalue weighted by Crippen LogP contribution is -2.33. The minimum absolute atomic E-state index is 0.168. The Morgan fingerprint density at radius 2 is 1.85 bits per heavy atom. The molecule has 1 aromatic rings. The van der Waals surface area contributed by atoms with Crippen LogP contribution in [0.25, 0.3) is 0 Å². The fourth-order valence-electron chi connectivity index (χ4n) is 2.26. The second kappa shape index (κ2) is 7.60. The summed E-state index contributed by atoms with van der Waals surface area (Å²) >= 11 is 0. The largest absolute Gasteiger partial charge is 0.370 e.